The van der Waals surface area contributed by atoms with Gasteiger partial charge in [0.1, 0.15) is 11.4 Å². The first-order chi connectivity index (χ1) is 15.7. The van der Waals surface area contributed by atoms with E-state index in [-0.39, 0.29) is 16.5 Å². The van der Waals surface area contributed by atoms with E-state index in [0.717, 1.165) is 23.1 Å². The molecule has 4 aromatic rings. The molecule has 13 heteroatoms. The van der Waals surface area contributed by atoms with Gasteiger partial charge in [0.25, 0.3) is 5.91 Å². The van der Waals surface area contributed by atoms with Crippen molar-refractivity contribution in [1.82, 2.24) is 20.0 Å². The van der Waals surface area contributed by atoms with Crippen LogP contribution in [-0.2, 0) is 0 Å². The molecule has 0 bridgehead atoms. The van der Waals surface area contributed by atoms with Gasteiger partial charge in [0, 0.05) is 5.56 Å². The zero-order valence-electron chi connectivity index (χ0n) is 15.9. The number of pyridine rings is 1. The molecule has 0 unspecified atom stereocenters. The molecule has 2 aromatic carbocycles. The Bertz CT molecular complexity index is 1370. The zero-order valence-corrected chi connectivity index (χ0v) is 17.4. The number of carbonyl (C=O) groups excluding carboxylic acids is 1. The number of rotatable bonds is 4. The monoisotopic (exact) mass is 499 g/mol. The summed E-state index contributed by atoms with van der Waals surface area (Å²) in [5.74, 6) is -9.97. The molecule has 1 N–H and O–H groups in total. The largest absolute Gasteiger partial charge is 0.320 e. The highest BCUT2D eigenvalue weighted by atomic mass is 35.5. The van der Waals surface area contributed by atoms with E-state index >= 15 is 0 Å². The minimum absolute atomic E-state index is 0.0383. The fraction of sp³-hybridized carbons (Fsp3) is 0. The van der Waals surface area contributed by atoms with Crippen molar-refractivity contribution >= 4 is 34.8 Å². The maximum absolute atomic E-state index is 14.7. The van der Waals surface area contributed by atoms with Crippen molar-refractivity contribution in [1.29, 1.82) is 0 Å². The molecule has 1 amide bonds. The minimum atomic E-state index is -1.97. The van der Waals surface area contributed by atoms with Gasteiger partial charge in [-0.1, -0.05) is 23.2 Å². The first-order valence-corrected chi connectivity index (χ1v) is 9.59. The lowest BCUT2D eigenvalue weighted by Gasteiger charge is -2.13. The molecule has 0 fully saturated rings. The molecular formula is C20H8Cl2F5N5O. The van der Waals surface area contributed by atoms with Crippen LogP contribution in [0.5, 0.6) is 0 Å². The number of carbonyl (C=O) groups is 1. The van der Waals surface area contributed by atoms with Crippen LogP contribution in [0.1, 0.15) is 10.4 Å². The van der Waals surface area contributed by atoms with E-state index in [4.69, 9.17) is 23.2 Å². The third kappa shape index (κ3) is 4.12. The van der Waals surface area contributed by atoms with Crippen molar-refractivity contribution in [3.8, 4) is 16.9 Å². The lowest BCUT2D eigenvalue weighted by Crippen LogP contribution is -2.19. The molecule has 0 saturated heterocycles. The number of halogens is 7. The first-order valence-electron chi connectivity index (χ1n) is 8.84. The third-order valence-electron chi connectivity index (χ3n) is 4.38. The first kappa shape index (κ1) is 22.6. The topological polar surface area (TPSA) is 72.7 Å². The van der Waals surface area contributed by atoms with Crippen LogP contribution in [0.25, 0.3) is 16.9 Å². The molecule has 0 radical (unpaired) electrons. The van der Waals surface area contributed by atoms with Gasteiger partial charge >= 0.3 is 0 Å². The summed E-state index contributed by atoms with van der Waals surface area (Å²) in [5, 5.41) is 9.19. The number of anilines is 1. The highest BCUT2D eigenvalue weighted by molar-refractivity contribution is 6.33. The van der Waals surface area contributed by atoms with Gasteiger partial charge in [0.05, 0.1) is 39.9 Å². The summed E-state index contributed by atoms with van der Waals surface area (Å²) >= 11 is 11.8. The maximum Gasteiger partial charge on any atom is 0.261 e. The Morgan fingerprint density at radius 2 is 1.52 bits per heavy atom. The Morgan fingerprint density at radius 1 is 0.879 bits per heavy atom. The highest BCUT2D eigenvalue weighted by Gasteiger charge is 2.31. The third-order valence-corrected chi connectivity index (χ3v) is 4.97. The van der Waals surface area contributed by atoms with Gasteiger partial charge in [-0.2, -0.15) is 10.2 Å². The SMILES string of the molecule is O=C(Nc1cnc(-n2nccn2)c(Cl)c1)c1c(F)c(F)c(-c2ccc(F)cc2Cl)c(F)c1F. The summed E-state index contributed by atoms with van der Waals surface area (Å²) in [5.41, 5.74) is -3.35. The van der Waals surface area contributed by atoms with E-state index in [1.54, 1.807) is 0 Å². The molecule has 0 aliphatic carbocycles. The van der Waals surface area contributed by atoms with Crippen molar-refractivity contribution in [2.24, 2.45) is 0 Å². The fourth-order valence-electron chi connectivity index (χ4n) is 2.92. The van der Waals surface area contributed by atoms with Crippen LogP contribution < -0.4 is 5.32 Å². The van der Waals surface area contributed by atoms with Gasteiger partial charge in [0.2, 0.25) is 0 Å². The molecule has 33 heavy (non-hydrogen) atoms. The van der Waals surface area contributed by atoms with Crippen LogP contribution in [0.15, 0.2) is 42.9 Å². The number of aromatic nitrogens is 4. The maximum atomic E-state index is 14.7. The number of benzene rings is 2. The summed E-state index contributed by atoms with van der Waals surface area (Å²) < 4.78 is 71.9. The fourth-order valence-corrected chi connectivity index (χ4v) is 3.43. The lowest BCUT2D eigenvalue weighted by atomic mass is 10.00. The van der Waals surface area contributed by atoms with Gasteiger partial charge in [0.15, 0.2) is 29.1 Å². The van der Waals surface area contributed by atoms with Crippen molar-refractivity contribution in [3.63, 3.8) is 0 Å². The van der Waals surface area contributed by atoms with Crippen LogP contribution in [0, 0.1) is 29.1 Å². The van der Waals surface area contributed by atoms with Crippen LogP contribution in [-0.4, -0.2) is 25.9 Å². The predicted octanol–water partition coefficient (Wildman–Crippen LogP) is 5.58. The molecule has 0 aliphatic rings. The van der Waals surface area contributed by atoms with Crippen molar-refractivity contribution < 1.29 is 26.7 Å². The lowest BCUT2D eigenvalue weighted by molar-refractivity contribution is 0.101. The standard InChI is InChI=1S/C20H8Cl2F5N5O/c21-11-5-8(23)1-2-10(11)13-15(24)17(26)14(18(27)16(13)25)20(33)31-9-6-12(22)19(28-7-9)32-29-3-4-30-32/h1-7H,(H,31,33). The normalized spacial score (nSPS) is 11.0. The molecular weight excluding hydrogens is 492 g/mol. The summed E-state index contributed by atoms with van der Waals surface area (Å²) in [7, 11) is 0. The summed E-state index contributed by atoms with van der Waals surface area (Å²) in [6, 6.07) is 3.53. The molecule has 6 nitrogen and oxygen atoms in total. The smallest absolute Gasteiger partial charge is 0.261 e. The van der Waals surface area contributed by atoms with Crippen LogP contribution in [0.4, 0.5) is 27.6 Å². The van der Waals surface area contributed by atoms with E-state index in [1.165, 1.54) is 18.5 Å². The minimum Gasteiger partial charge on any atom is -0.320 e. The second-order valence-corrected chi connectivity index (χ2v) is 7.25. The number of nitrogens with one attached hydrogen (secondary N) is 1. The van der Waals surface area contributed by atoms with Gasteiger partial charge in [-0.25, -0.2) is 26.9 Å². The second kappa shape index (κ2) is 8.75. The summed E-state index contributed by atoms with van der Waals surface area (Å²) in [6.07, 6.45) is 3.80. The molecule has 4 rings (SSSR count). The van der Waals surface area contributed by atoms with E-state index in [9.17, 15) is 26.7 Å². The van der Waals surface area contributed by atoms with E-state index in [1.807, 2.05) is 0 Å². The number of hydrogen-bond donors (Lipinski definition) is 1. The molecule has 2 heterocycles. The highest BCUT2D eigenvalue weighted by Crippen LogP contribution is 2.36. The molecule has 0 spiro atoms. The molecule has 0 saturated carbocycles. The molecule has 0 atom stereocenters. The van der Waals surface area contributed by atoms with Crippen LogP contribution in [0.2, 0.25) is 10.0 Å². The van der Waals surface area contributed by atoms with E-state index in [2.05, 4.69) is 20.5 Å². The average molecular weight is 500 g/mol. The Morgan fingerprint density at radius 3 is 2.09 bits per heavy atom. The second-order valence-electron chi connectivity index (χ2n) is 6.43. The molecule has 168 valence electrons. The van der Waals surface area contributed by atoms with Gasteiger partial charge in [-0.15, -0.1) is 4.80 Å². The Hall–Kier alpha value is -3.57. The van der Waals surface area contributed by atoms with Gasteiger partial charge < -0.3 is 5.32 Å². The van der Waals surface area contributed by atoms with E-state index in [0.29, 0.717) is 6.07 Å². The Kier molecular flexibility index (Phi) is 6.00. The van der Waals surface area contributed by atoms with Crippen molar-refractivity contribution in [2.45, 2.75) is 0 Å². The quantitative estimate of drug-likeness (QED) is 0.293. The Balaban J connectivity index is 1.71. The zero-order chi connectivity index (χ0) is 23.9. The predicted molar refractivity (Wildman–Crippen MR) is 109 cm³/mol. The molecule has 0 aliphatic heterocycles. The van der Waals surface area contributed by atoms with Crippen LogP contribution in [0.3, 0.4) is 0 Å². The van der Waals surface area contributed by atoms with Crippen LogP contribution >= 0.6 is 23.2 Å². The average Bonchev–Trinajstić information content (AvgIpc) is 3.29. The van der Waals surface area contributed by atoms with Gasteiger partial charge in [-0.05, 0) is 24.3 Å². The van der Waals surface area contributed by atoms with Crippen molar-refractivity contribution in [2.75, 3.05) is 5.32 Å². The summed E-state index contributed by atoms with van der Waals surface area (Å²) in [6.45, 7) is 0. The number of amides is 1. The number of hydrogen-bond acceptors (Lipinski definition) is 4. The van der Waals surface area contributed by atoms with E-state index < -0.39 is 56.7 Å². The Labute approximate surface area is 191 Å². The van der Waals surface area contributed by atoms with Crippen molar-refractivity contribution in [3.05, 3.63) is 87.6 Å². The number of nitrogens with zero attached hydrogens (tertiary/aromatic N) is 4. The molecule has 2 aromatic heterocycles. The van der Waals surface area contributed by atoms with Gasteiger partial charge in [-0.3, -0.25) is 4.79 Å². The summed E-state index contributed by atoms with van der Waals surface area (Å²) in [4.78, 5) is 17.5.